The number of imide groups is 1. The second-order valence-electron chi connectivity index (χ2n) is 6.08. The molecule has 0 unspecified atom stereocenters. The van der Waals surface area contributed by atoms with Crippen LogP contribution in [-0.2, 0) is 14.3 Å². The zero-order chi connectivity index (χ0) is 18.8. The van der Waals surface area contributed by atoms with Crippen LogP contribution in [-0.4, -0.2) is 66.5 Å². The molecule has 0 spiro atoms. The first-order chi connectivity index (χ1) is 12.4. The number of anilines is 1. The molecular weight excluding hydrogens is 381 g/mol. The highest BCUT2D eigenvalue weighted by atomic mass is 35.5. The van der Waals surface area contributed by atoms with E-state index in [1.54, 1.807) is 30.0 Å². The minimum atomic E-state index is -0.554. The molecule has 1 aromatic rings. The minimum Gasteiger partial charge on any atom is -0.450 e. The standard InChI is InChI=1S/C17H19Cl2N3O4/c1-2-26-17(25)21-8-6-20(7-9-21)13-10-14(23)22(16(13)24)12-5-3-4-11(18)15(12)19/h3-5,13H,2,6-10H2,1H3/t13-/m0/s1. The van der Waals surface area contributed by atoms with Crippen molar-refractivity contribution in [3.63, 3.8) is 0 Å². The average molecular weight is 400 g/mol. The maximum Gasteiger partial charge on any atom is 0.409 e. The van der Waals surface area contributed by atoms with Crippen molar-refractivity contribution in [3.05, 3.63) is 28.2 Å². The first-order valence-electron chi connectivity index (χ1n) is 8.40. The summed E-state index contributed by atoms with van der Waals surface area (Å²) in [7, 11) is 0. The summed E-state index contributed by atoms with van der Waals surface area (Å²) in [6.07, 6.45) is -0.269. The Balaban J connectivity index is 1.70. The number of piperazine rings is 1. The Morgan fingerprint density at radius 3 is 2.54 bits per heavy atom. The van der Waals surface area contributed by atoms with Gasteiger partial charge in [-0.15, -0.1) is 0 Å². The fourth-order valence-electron chi connectivity index (χ4n) is 3.25. The van der Waals surface area contributed by atoms with Gasteiger partial charge in [-0.05, 0) is 19.1 Å². The Hall–Kier alpha value is -1.83. The van der Waals surface area contributed by atoms with Gasteiger partial charge in [0.25, 0.3) is 5.91 Å². The van der Waals surface area contributed by atoms with Gasteiger partial charge in [0.1, 0.15) is 0 Å². The van der Waals surface area contributed by atoms with Crippen molar-refractivity contribution in [1.82, 2.24) is 9.80 Å². The first-order valence-corrected chi connectivity index (χ1v) is 9.16. The average Bonchev–Trinajstić information content (AvgIpc) is 2.92. The maximum absolute atomic E-state index is 12.9. The van der Waals surface area contributed by atoms with E-state index < -0.39 is 6.04 Å². The van der Waals surface area contributed by atoms with E-state index in [1.165, 1.54) is 0 Å². The van der Waals surface area contributed by atoms with Crippen LogP contribution in [0.4, 0.5) is 10.5 Å². The monoisotopic (exact) mass is 399 g/mol. The topological polar surface area (TPSA) is 70.2 Å². The van der Waals surface area contributed by atoms with E-state index in [2.05, 4.69) is 0 Å². The molecule has 2 fully saturated rings. The molecule has 3 rings (SSSR count). The lowest BCUT2D eigenvalue weighted by atomic mass is 10.2. The lowest BCUT2D eigenvalue weighted by Gasteiger charge is -2.36. The summed E-state index contributed by atoms with van der Waals surface area (Å²) in [4.78, 5) is 41.7. The number of hydrogen-bond acceptors (Lipinski definition) is 5. The van der Waals surface area contributed by atoms with Gasteiger partial charge < -0.3 is 9.64 Å². The van der Waals surface area contributed by atoms with Crippen molar-refractivity contribution in [1.29, 1.82) is 0 Å². The van der Waals surface area contributed by atoms with Crippen molar-refractivity contribution >= 4 is 46.8 Å². The fraction of sp³-hybridized carbons (Fsp3) is 0.471. The number of rotatable bonds is 3. The number of carbonyl (C=O) groups is 3. The number of benzene rings is 1. The molecule has 0 saturated carbocycles. The quantitative estimate of drug-likeness (QED) is 0.729. The Morgan fingerprint density at radius 2 is 1.88 bits per heavy atom. The normalized spacial score (nSPS) is 21.4. The van der Waals surface area contributed by atoms with Crippen molar-refractivity contribution in [2.24, 2.45) is 0 Å². The molecule has 7 nitrogen and oxygen atoms in total. The maximum atomic E-state index is 12.9. The van der Waals surface area contributed by atoms with Crippen molar-refractivity contribution < 1.29 is 19.1 Å². The van der Waals surface area contributed by atoms with E-state index in [4.69, 9.17) is 27.9 Å². The summed E-state index contributed by atoms with van der Waals surface area (Å²) in [5.74, 6) is -0.624. The van der Waals surface area contributed by atoms with E-state index in [1.807, 2.05) is 4.90 Å². The molecule has 2 saturated heterocycles. The number of nitrogens with zero attached hydrogens (tertiary/aromatic N) is 3. The third-order valence-corrected chi connectivity index (χ3v) is 5.38. The predicted octanol–water partition coefficient (Wildman–Crippen LogP) is 2.40. The SMILES string of the molecule is CCOC(=O)N1CCN([C@H]2CC(=O)N(c3cccc(Cl)c3Cl)C2=O)CC1. The Morgan fingerprint density at radius 1 is 1.19 bits per heavy atom. The van der Waals surface area contributed by atoms with Gasteiger partial charge in [-0.2, -0.15) is 0 Å². The van der Waals surface area contributed by atoms with Gasteiger partial charge >= 0.3 is 6.09 Å². The van der Waals surface area contributed by atoms with Crippen LogP contribution in [0.25, 0.3) is 0 Å². The summed E-state index contributed by atoms with van der Waals surface area (Å²) in [5, 5.41) is 0.472. The van der Waals surface area contributed by atoms with Gasteiger partial charge in [-0.3, -0.25) is 14.5 Å². The summed E-state index contributed by atoms with van der Waals surface area (Å²) in [6.45, 7) is 3.99. The minimum absolute atomic E-state index is 0.0844. The van der Waals surface area contributed by atoms with Crippen molar-refractivity contribution in [2.75, 3.05) is 37.7 Å². The molecule has 9 heteroatoms. The zero-order valence-corrected chi connectivity index (χ0v) is 15.8. The molecule has 0 aliphatic carbocycles. The van der Waals surface area contributed by atoms with E-state index in [0.29, 0.717) is 38.5 Å². The van der Waals surface area contributed by atoms with E-state index in [9.17, 15) is 14.4 Å². The summed E-state index contributed by atoms with van der Waals surface area (Å²) in [5.41, 5.74) is 0.307. The molecule has 1 aromatic carbocycles. The van der Waals surface area contributed by atoms with E-state index in [-0.39, 0.29) is 34.4 Å². The van der Waals surface area contributed by atoms with Crippen LogP contribution < -0.4 is 4.90 Å². The smallest absolute Gasteiger partial charge is 0.409 e. The van der Waals surface area contributed by atoms with Gasteiger partial charge in [0.15, 0.2) is 0 Å². The van der Waals surface area contributed by atoms with Crippen LogP contribution in [0.15, 0.2) is 18.2 Å². The van der Waals surface area contributed by atoms with Gasteiger partial charge in [0, 0.05) is 26.2 Å². The third-order valence-electron chi connectivity index (χ3n) is 4.58. The highest BCUT2D eigenvalue weighted by Gasteiger charge is 2.44. The van der Waals surface area contributed by atoms with Crippen LogP contribution in [0.1, 0.15) is 13.3 Å². The van der Waals surface area contributed by atoms with Crippen LogP contribution in [0.3, 0.4) is 0 Å². The molecule has 0 radical (unpaired) electrons. The van der Waals surface area contributed by atoms with Crippen LogP contribution in [0.5, 0.6) is 0 Å². The van der Waals surface area contributed by atoms with E-state index in [0.717, 1.165) is 4.90 Å². The number of hydrogen-bond donors (Lipinski definition) is 0. The molecule has 2 heterocycles. The van der Waals surface area contributed by atoms with Gasteiger partial charge in [-0.25, -0.2) is 9.69 Å². The van der Waals surface area contributed by atoms with Crippen molar-refractivity contribution in [3.8, 4) is 0 Å². The predicted molar refractivity (Wildman–Crippen MR) is 97.5 cm³/mol. The highest BCUT2D eigenvalue weighted by molar-refractivity contribution is 6.44. The lowest BCUT2D eigenvalue weighted by molar-refractivity contribution is -0.123. The summed E-state index contributed by atoms with van der Waals surface area (Å²) < 4.78 is 4.99. The number of ether oxygens (including phenoxy) is 1. The summed E-state index contributed by atoms with van der Waals surface area (Å²) in [6, 6.07) is 4.30. The zero-order valence-electron chi connectivity index (χ0n) is 14.3. The fourth-order valence-corrected chi connectivity index (χ4v) is 3.63. The lowest BCUT2D eigenvalue weighted by Crippen LogP contribution is -2.54. The molecule has 26 heavy (non-hydrogen) atoms. The molecule has 0 bridgehead atoms. The highest BCUT2D eigenvalue weighted by Crippen LogP contribution is 2.36. The molecular formula is C17H19Cl2N3O4. The number of halogens is 2. The Labute approximate surface area is 161 Å². The number of amides is 3. The van der Waals surface area contributed by atoms with Gasteiger partial charge in [-0.1, -0.05) is 29.3 Å². The molecule has 0 aromatic heterocycles. The van der Waals surface area contributed by atoms with Crippen molar-refractivity contribution in [2.45, 2.75) is 19.4 Å². The Bertz CT molecular complexity index is 735. The molecule has 3 amide bonds. The molecule has 2 aliphatic heterocycles. The Kier molecular flexibility index (Phi) is 5.70. The second-order valence-corrected chi connectivity index (χ2v) is 6.87. The van der Waals surface area contributed by atoms with Crippen LogP contribution in [0.2, 0.25) is 10.0 Å². The van der Waals surface area contributed by atoms with Gasteiger partial charge in [0.05, 0.1) is 34.8 Å². The largest absolute Gasteiger partial charge is 0.450 e. The van der Waals surface area contributed by atoms with Crippen LogP contribution >= 0.6 is 23.2 Å². The first kappa shape index (κ1) is 18.9. The summed E-state index contributed by atoms with van der Waals surface area (Å²) >= 11 is 12.2. The molecule has 2 aliphatic rings. The third kappa shape index (κ3) is 3.51. The molecule has 1 atom stereocenters. The molecule has 140 valence electrons. The second kappa shape index (κ2) is 7.82. The van der Waals surface area contributed by atoms with Gasteiger partial charge in [0.2, 0.25) is 5.91 Å². The van der Waals surface area contributed by atoms with E-state index >= 15 is 0 Å². The molecule has 0 N–H and O–H groups in total. The van der Waals surface area contributed by atoms with Crippen LogP contribution in [0, 0.1) is 0 Å². The number of carbonyl (C=O) groups excluding carboxylic acids is 3.